The highest BCUT2D eigenvalue weighted by atomic mass is 16.5. The van der Waals surface area contributed by atoms with E-state index >= 15 is 0 Å². The van der Waals surface area contributed by atoms with Crippen LogP contribution in [0.4, 0.5) is 10.5 Å². The van der Waals surface area contributed by atoms with Crippen LogP contribution in [-0.4, -0.2) is 57.3 Å². The highest BCUT2D eigenvalue weighted by molar-refractivity contribution is 5.96. The Labute approximate surface area is 161 Å². The fourth-order valence-corrected chi connectivity index (χ4v) is 3.84. The first-order valence-electron chi connectivity index (χ1n) is 10.1. The van der Waals surface area contributed by atoms with Crippen molar-refractivity contribution in [3.05, 3.63) is 24.3 Å². The van der Waals surface area contributed by atoms with E-state index in [1.807, 2.05) is 31.2 Å². The maximum Gasteiger partial charge on any atom is 0.315 e. The third-order valence-corrected chi connectivity index (χ3v) is 5.22. The Hall–Kier alpha value is -2.28. The molecule has 2 heterocycles. The largest absolute Gasteiger partial charge is 0.494 e. The van der Waals surface area contributed by atoms with Gasteiger partial charge in [0.05, 0.1) is 32.3 Å². The second-order valence-corrected chi connectivity index (χ2v) is 7.29. The fraction of sp³-hybridized carbons (Fsp3) is 0.600. The SMILES string of the molecule is CCOc1ccc(N2C[C@H](NC(=O)NCCC[NH+]3CCCC3)CC2=O)cc1. The molecule has 2 aliphatic rings. The molecule has 7 heteroatoms. The first-order chi connectivity index (χ1) is 13.2. The number of nitrogens with one attached hydrogen (secondary N) is 3. The molecule has 148 valence electrons. The first kappa shape index (κ1) is 19.5. The smallest absolute Gasteiger partial charge is 0.315 e. The molecular formula is C20H31N4O3+. The Morgan fingerprint density at radius 2 is 2.00 bits per heavy atom. The summed E-state index contributed by atoms with van der Waals surface area (Å²) in [6.45, 7) is 7.37. The van der Waals surface area contributed by atoms with Gasteiger partial charge in [0.15, 0.2) is 0 Å². The minimum Gasteiger partial charge on any atom is -0.494 e. The molecule has 3 rings (SSSR count). The van der Waals surface area contributed by atoms with Gasteiger partial charge in [0.1, 0.15) is 5.75 Å². The molecule has 0 spiro atoms. The monoisotopic (exact) mass is 375 g/mol. The number of benzene rings is 1. The van der Waals surface area contributed by atoms with E-state index in [1.165, 1.54) is 25.9 Å². The van der Waals surface area contributed by atoms with Crippen LogP contribution in [0, 0.1) is 0 Å². The average molecular weight is 375 g/mol. The summed E-state index contributed by atoms with van der Waals surface area (Å²) in [7, 11) is 0. The van der Waals surface area contributed by atoms with Crippen LogP contribution in [0.15, 0.2) is 24.3 Å². The van der Waals surface area contributed by atoms with Crippen molar-refractivity contribution in [3.63, 3.8) is 0 Å². The van der Waals surface area contributed by atoms with Crippen molar-refractivity contribution < 1.29 is 19.2 Å². The number of urea groups is 1. The molecule has 2 saturated heterocycles. The molecule has 1 atom stereocenters. The van der Waals surface area contributed by atoms with Gasteiger partial charge in [-0.1, -0.05) is 0 Å². The number of nitrogens with zero attached hydrogens (tertiary/aromatic N) is 1. The van der Waals surface area contributed by atoms with E-state index in [0.29, 0.717) is 26.1 Å². The number of hydrogen-bond acceptors (Lipinski definition) is 3. The summed E-state index contributed by atoms with van der Waals surface area (Å²) in [4.78, 5) is 27.8. The molecule has 1 aromatic carbocycles. The molecule has 0 bridgehead atoms. The molecule has 0 aromatic heterocycles. The maximum absolute atomic E-state index is 12.3. The lowest BCUT2D eigenvalue weighted by atomic mass is 10.2. The summed E-state index contributed by atoms with van der Waals surface area (Å²) < 4.78 is 5.43. The molecule has 0 unspecified atom stereocenters. The third kappa shape index (κ3) is 5.60. The summed E-state index contributed by atoms with van der Waals surface area (Å²) in [5.74, 6) is 0.819. The van der Waals surface area contributed by atoms with E-state index in [2.05, 4.69) is 10.6 Å². The Morgan fingerprint density at radius 3 is 2.70 bits per heavy atom. The molecule has 2 aliphatic heterocycles. The van der Waals surface area contributed by atoms with Crippen LogP contribution in [0.1, 0.15) is 32.6 Å². The van der Waals surface area contributed by atoms with E-state index in [1.54, 1.807) is 9.80 Å². The number of amides is 3. The van der Waals surface area contributed by atoms with Crippen molar-refractivity contribution in [1.29, 1.82) is 0 Å². The predicted molar refractivity (Wildman–Crippen MR) is 104 cm³/mol. The normalized spacial score (nSPS) is 20.1. The van der Waals surface area contributed by atoms with Crippen molar-refractivity contribution in [2.24, 2.45) is 0 Å². The van der Waals surface area contributed by atoms with Crippen LogP contribution < -0.4 is 25.2 Å². The van der Waals surface area contributed by atoms with Gasteiger partial charge in [-0.25, -0.2) is 4.79 Å². The summed E-state index contributed by atoms with van der Waals surface area (Å²) in [5, 5.41) is 5.84. The lowest BCUT2D eigenvalue weighted by molar-refractivity contribution is -0.887. The highest BCUT2D eigenvalue weighted by Gasteiger charge is 2.31. The lowest BCUT2D eigenvalue weighted by Crippen LogP contribution is -3.10. The Kier molecular flexibility index (Phi) is 6.92. The summed E-state index contributed by atoms with van der Waals surface area (Å²) in [6.07, 6.45) is 3.97. The van der Waals surface area contributed by atoms with Crippen LogP contribution in [0.2, 0.25) is 0 Å². The molecule has 3 amide bonds. The number of ether oxygens (including phenoxy) is 1. The topological polar surface area (TPSA) is 75.1 Å². The van der Waals surface area contributed by atoms with Gasteiger partial charge >= 0.3 is 6.03 Å². The van der Waals surface area contributed by atoms with Gasteiger partial charge < -0.3 is 25.2 Å². The third-order valence-electron chi connectivity index (χ3n) is 5.22. The van der Waals surface area contributed by atoms with E-state index < -0.39 is 0 Å². The second kappa shape index (κ2) is 9.60. The van der Waals surface area contributed by atoms with Gasteiger partial charge in [-0.3, -0.25) is 4.79 Å². The van der Waals surface area contributed by atoms with E-state index in [-0.39, 0.29) is 18.0 Å². The van der Waals surface area contributed by atoms with Gasteiger partial charge in [-0.2, -0.15) is 0 Å². The van der Waals surface area contributed by atoms with Crippen LogP contribution >= 0.6 is 0 Å². The molecule has 0 radical (unpaired) electrons. The first-order valence-corrected chi connectivity index (χ1v) is 10.1. The molecule has 27 heavy (non-hydrogen) atoms. The standard InChI is InChI=1S/C20H30N4O3/c1-2-27-18-8-6-17(7-9-18)24-15-16(14-19(24)25)22-20(26)21-10-5-13-23-11-3-4-12-23/h6-9,16H,2-5,10-15H2,1H3,(H2,21,22,26)/p+1/t16-/m1/s1. The minimum atomic E-state index is -0.183. The van der Waals surface area contributed by atoms with E-state index in [9.17, 15) is 9.59 Å². The van der Waals surface area contributed by atoms with Gasteiger partial charge in [0.2, 0.25) is 5.91 Å². The van der Waals surface area contributed by atoms with Crippen molar-refractivity contribution in [2.45, 2.75) is 38.6 Å². The zero-order valence-electron chi connectivity index (χ0n) is 16.1. The molecular weight excluding hydrogens is 344 g/mol. The van der Waals surface area contributed by atoms with Crippen molar-refractivity contribution >= 4 is 17.6 Å². The Bertz CT molecular complexity index is 629. The van der Waals surface area contributed by atoms with Gasteiger partial charge in [-0.15, -0.1) is 0 Å². The molecule has 0 aliphatic carbocycles. The maximum atomic E-state index is 12.3. The number of likely N-dealkylation sites (tertiary alicyclic amines) is 1. The lowest BCUT2D eigenvalue weighted by Gasteiger charge is -2.18. The van der Waals surface area contributed by atoms with E-state index in [4.69, 9.17) is 4.74 Å². The zero-order chi connectivity index (χ0) is 19.1. The van der Waals surface area contributed by atoms with Crippen LogP contribution in [0.25, 0.3) is 0 Å². The van der Waals surface area contributed by atoms with Gasteiger partial charge in [-0.05, 0) is 31.2 Å². The molecule has 7 nitrogen and oxygen atoms in total. The zero-order valence-corrected chi connectivity index (χ0v) is 16.1. The quantitative estimate of drug-likeness (QED) is 0.581. The Morgan fingerprint density at radius 1 is 1.26 bits per heavy atom. The second-order valence-electron chi connectivity index (χ2n) is 7.29. The van der Waals surface area contributed by atoms with Gasteiger partial charge in [0, 0.05) is 44.5 Å². The average Bonchev–Trinajstić information content (AvgIpc) is 3.29. The molecule has 2 fully saturated rings. The Balaban J connectivity index is 1.39. The number of anilines is 1. The highest BCUT2D eigenvalue weighted by Crippen LogP contribution is 2.24. The van der Waals surface area contributed by atoms with E-state index in [0.717, 1.165) is 24.4 Å². The number of carbonyl (C=O) groups is 2. The number of quaternary nitrogens is 1. The summed E-state index contributed by atoms with van der Waals surface area (Å²) >= 11 is 0. The minimum absolute atomic E-state index is 0.0297. The van der Waals surface area contributed by atoms with Gasteiger partial charge in [0.25, 0.3) is 0 Å². The van der Waals surface area contributed by atoms with Crippen molar-refractivity contribution in [2.75, 3.05) is 44.2 Å². The molecule has 0 saturated carbocycles. The predicted octanol–water partition coefficient (Wildman–Crippen LogP) is 0.559. The van der Waals surface area contributed by atoms with Crippen LogP contribution in [-0.2, 0) is 4.79 Å². The fourth-order valence-electron chi connectivity index (χ4n) is 3.84. The van der Waals surface area contributed by atoms with Crippen molar-refractivity contribution in [1.82, 2.24) is 10.6 Å². The number of rotatable bonds is 8. The molecule has 1 aromatic rings. The van der Waals surface area contributed by atoms with Crippen molar-refractivity contribution in [3.8, 4) is 5.75 Å². The summed E-state index contributed by atoms with van der Waals surface area (Å²) in [6, 6.07) is 7.15. The molecule has 3 N–H and O–H groups in total. The number of hydrogen-bond donors (Lipinski definition) is 3. The summed E-state index contributed by atoms with van der Waals surface area (Å²) in [5.41, 5.74) is 0.835. The van der Waals surface area contributed by atoms with Crippen LogP contribution in [0.3, 0.4) is 0 Å². The number of carbonyl (C=O) groups excluding carboxylic acids is 2. The van der Waals surface area contributed by atoms with Crippen LogP contribution in [0.5, 0.6) is 5.75 Å².